The number of anilines is 1. The predicted molar refractivity (Wildman–Crippen MR) is 65.1 cm³/mol. The summed E-state index contributed by atoms with van der Waals surface area (Å²) >= 11 is 0. The van der Waals surface area contributed by atoms with Crippen molar-refractivity contribution in [3.05, 3.63) is 65.2 Å². The summed E-state index contributed by atoms with van der Waals surface area (Å²) in [6, 6.07) is 13.3. The maximum Gasteiger partial charge on any atom is 0.418 e. The number of benzene rings is 2. The number of hydrogen-bond donors (Lipinski definition) is 1. The second-order valence-corrected chi connectivity index (χ2v) is 4.04. The second kappa shape index (κ2) is 4.72. The monoisotopic (exact) mass is 251 g/mol. The molecule has 0 aromatic heterocycles. The summed E-state index contributed by atoms with van der Waals surface area (Å²) in [4.78, 5) is 0. The van der Waals surface area contributed by atoms with E-state index < -0.39 is 11.7 Å². The summed E-state index contributed by atoms with van der Waals surface area (Å²) in [7, 11) is 0. The molecule has 0 atom stereocenters. The van der Waals surface area contributed by atoms with E-state index >= 15 is 0 Å². The second-order valence-electron chi connectivity index (χ2n) is 4.04. The molecule has 0 saturated heterocycles. The molecule has 0 bridgehead atoms. The average Bonchev–Trinajstić information content (AvgIpc) is 2.32. The highest BCUT2D eigenvalue weighted by atomic mass is 19.4. The minimum atomic E-state index is -4.41. The molecule has 0 aliphatic carbocycles. The fourth-order valence-corrected chi connectivity index (χ4v) is 1.83. The summed E-state index contributed by atoms with van der Waals surface area (Å²) in [6.07, 6.45) is -4.01. The highest BCUT2D eigenvalue weighted by Gasteiger charge is 2.33. The maximum absolute atomic E-state index is 12.7. The van der Waals surface area contributed by atoms with Crippen molar-refractivity contribution in [1.29, 1.82) is 0 Å². The van der Waals surface area contributed by atoms with Crippen LogP contribution in [0.1, 0.15) is 16.7 Å². The zero-order valence-corrected chi connectivity index (χ0v) is 9.54. The van der Waals surface area contributed by atoms with Gasteiger partial charge in [0, 0.05) is 5.69 Å². The predicted octanol–water partition coefficient (Wildman–Crippen LogP) is 3.88. The lowest BCUT2D eigenvalue weighted by atomic mass is 10.00. The van der Waals surface area contributed by atoms with E-state index in [2.05, 4.69) is 0 Å². The molecule has 0 aliphatic heterocycles. The topological polar surface area (TPSA) is 26.0 Å². The molecule has 0 spiro atoms. The lowest BCUT2D eigenvalue weighted by molar-refractivity contribution is -0.136. The first-order valence-electron chi connectivity index (χ1n) is 5.47. The Labute approximate surface area is 103 Å². The minimum Gasteiger partial charge on any atom is -0.398 e. The SMILES string of the molecule is Nc1c(Cc2ccccc2)cccc1C(F)(F)F. The number of nitrogens with two attached hydrogens (primary N) is 1. The van der Waals surface area contributed by atoms with Crippen LogP contribution in [0.25, 0.3) is 0 Å². The van der Waals surface area contributed by atoms with Crippen LogP contribution in [0.15, 0.2) is 48.5 Å². The minimum absolute atomic E-state index is 0.186. The van der Waals surface area contributed by atoms with Crippen LogP contribution in [0, 0.1) is 0 Å². The van der Waals surface area contributed by atoms with Gasteiger partial charge in [-0.1, -0.05) is 42.5 Å². The molecule has 0 amide bonds. The van der Waals surface area contributed by atoms with Crippen LogP contribution in [0.4, 0.5) is 18.9 Å². The molecule has 18 heavy (non-hydrogen) atoms. The van der Waals surface area contributed by atoms with E-state index in [4.69, 9.17) is 5.73 Å². The Kier molecular flexibility index (Phi) is 3.28. The van der Waals surface area contributed by atoms with Crippen molar-refractivity contribution in [2.75, 3.05) is 5.73 Å². The van der Waals surface area contributed by atoms with Crippen LogP contribution in [0.2, 0.25) is 0 Å². The highest BCUT2D eigenvalue weighted by Crippen LogP contribution is 2.35. The van der Waals surface area contributed by atoms with Crippen molar-refractivity contribution < 1.29 is 13.2 Å². The van der Waals surface area contributed by atoms with Crippen molar-refractivity contribution in [3.63, 3.8) is 0 Å². The first kappa shape index (κ1) is 12.5. The van der Waals surface area contributed by atoms with E-state index in [1.165, 1.54) is 6.07 Å². The third-order valence-electron chi connectivity index (χ3n) is 2.74. The van der Waals surface area contributed by atoms with Crippen LogP contribution in [-0.2, 0) is 12.6 Å². The molecule has 1 nitrogen and oxygen atoms in total. The molecule has 2 aromatic carbocycles. The fraction of sp³-hybridized carbons (Fsp3) is 0.143. The molecule has 2 aromatic rings. The number of para-hydroxylation sites is 1. The molecule has 0 heterocycles. The molecule has 0 unspecified atom stereocenters. The van der Waals surface area contributed by atoms with Gasteiger partial charge in [0.25, 0.3) is 0 Å². The zero-order valence-electron chi connectivity index (χ0n) is 9.54. The fourth-order valence-electron chi connectivity index (χ4n) is 1.83. The van der Waals surface area contributed by atoms with Crippen molar-refractivity contribution in [3.8, 4) is 0 Å². The van der Waals surface area contributed by atoms with Crippen LogP contribution in [-0.4, -0.2) is 0 Å². The largest absolute Gasteiger partial charge is 0.418 e. The van der Waals surface area contributed by atoms with Gasteiger partial charge >= 0.3 is 6.18 Å². The van der Waals surface area contributed by atoms with E-state index in [1.807, 2.05) is 30.3 Å². The maximum atomic E-state index is 12.7. The van der Waals surface area contributed by atoms with Gasteiger partial charge in [0.05, 0.1) is 5.56 Å². The lowest BCUT2D eigenvalue weighted by Crippen LogP contribution is -2.10. The van der Waals surface area contributed by atoms with Gasteiger partial charge in [-0.3, -0.25) is 0 Å². The number of hydrogen-bond acceptors (Lipinski definition) is 1. The highest BCUT2D eigenvalue weighted by molar-refractivity contribution is 5.56. The van der Waals surface area contributed by atoms with E-state index in [1.54, 1.807) is 6.07 Å². The first-order chi connectivity index (χ1) is 8.48. The quantitative estimate of drug-likeness (QED) is 0.805. The van der Waals surface area contributed by atoms with Gasteiger partial charge in [-0.2, -0.15) is 13.2 Å². The summed E-state index contributed by atoms with van der Waals surface area (Å²) in [5, 5.41) is 0. The van der Waals surface area contributed by atoms with Gasteiger partial charge in [0.15, 0.2) is 0 Å². The molecule has 94 valence electrons. The van der Waals surface area contributed by atoms with Crippen molar-refractivity contribution in [2.24, 2.45) is 0 Å². The normalized spacial score (nSPS) is 11.5. The molecular weight excluding hydrogens is 239 g/mol. The van der Waals surface area contributed by atoms with Gasteiger partial charge in [-0.25, -0.2) is 0 Å². The van der Waals surface area contributed by atoms with Gasteiger partial charge in [0.2, 0.25) is 0 Å². The van der Waals surface area contributed by atoms with E-state index in [0.717, 1.165) is 11.6 Å². The lowest BCUT2D eigenvalue weighted by Gasteiger charge is -2.13. The summed E-state index contributed by atoms with van der Waals surface area (Å²) < 4.78 is 38.1. The molecule has 2 rings (SSSR count). The third-order valence-corrected chi connectivity index (χ3v) is 2.74. The summed E-state index contributed by atoms with van der Waals surface area (Å²) in [5.41, 5.74) is 6.07. The Morgan fingerprint density at radius 3 is 2.17 bits per heavy atom. The Hall–Kier alpha value is -1.97. The number of nitrogen functional groups attached to an aromatic ring is 1. The standard InChI is InChI=1S/C14H12F3N/c15-14(16,17)12-8-4-7-11(13(12)18)9-10-5-2-1-3-6-10/h1-8H,9,18H2. The Balaban J connectivity index is 2.36. The van der Waals surface area contributed by atoms with E-state index in [0.29, 0.717) is 12.0 Å². The summed E-state index contributed by atoms with van der Waals surface area (Å²) in [5.74, 6) is 0. The zero-order chi connectivity index (χ0) is 13.2. The first-order valence-corrected chi connectivity index (χ1v) is 5.47. The Bertz CT molecular complexity index is 532. The van der Waals surface area contributed by atoms with Gasteiger partial charge in [0.1, 0.15) is 0 Å². The number of rotatable bonds is 2. The average molecular weight is 251 g/mol. The van der Waals surface area contributed by atoms with Gasteiger partial charge < -0.3 is 5.73 Å². The van der Waals surface area contributed by atoms with Crippen molar-refractivity contribution in [2.45, 2.75) is 12.6 Å². The Morgan fingerprint density at radius 1 is 0.889 bits per heavy atom. The van der Waals surface area contributed by atoms with Gasteiger partial charge in [-0.15, -0.1) is 0 Å². The molecule has 2 N–H and O–H groups in total. The smallest absolute Gasteiger partial charge is 0.398 e. The number of alkyl halides is 3. The molecule has 4 heteroatoms. The van der Waals surface area contributed by atoms with Crippen molar-refractivity contribution >= 4 is 5.69 Å². The van der Waals surface area contributed by atoms with Crippen molar-refractivity contribution in [1.82, 2.24) is 0 Å². The summed E-state index contributed by atoms with van der Waals surface area (Å²) in [6.45, 7) is 0. The van der Waals surface area contributed by atoms with Gasteiger partial charge in [-0.05, 0) is 23.6 Å². The van der Waals surface area contributed by atoms with E-state index in [-0.39, 0.29) is 5.69 Å². The van der Waals surface area contributed by atoms with Crippen LogP contribution in [0.5, 0.6) is 0 Å². The van der Waals surface area contributed by atoms with E-state index in [9.17, 15) is 13.2 Å². The number of halogens is 3. The molecule has 0 aliphatic rings. The molecule has 0 saturated carbocycles. The van der Waals surface area contributed by atoms with Crippen LogP contribution < -0.4 is 5.73 Å². The molecule has 0 fully saturated rings. The van der Waals surface area contributed by atoms with Crippen LogP contribution in [0.3, 0.4) is 0 Å². The third kappa shape index (κ3) is 2.64. The molecule has 0 radical (unpaired) electrons. The Morgan fingerprint density at radius 2 is 1.56 bits per heavy atom. The molecular formula is C14H12F3N. The van der Waals surface area contributed by atoms with Crippen LogP contribution >= 0.6 is 0 Å².